The third kappa shape index (κ3) is 5.39. The monoisotopic (exact) mass is 309 g/mol. The lowest BCUT2D eigenvalue weighted by Gasteiger charge is -2.13. The van der Waals surface area contributed by atoms with Gasteiger partial charge in [0, 0.05) is 20.2 Å². The third-order valence-corrected chi connectivity index (χ3v) is 3.34. The number of ether oxygens (including phenoxy) is 2. The molecule has 21 heavy (non-hydrogen) atoms. The Morgan fingerprint density at radius 2 is 2.14 bits per heavy atom. The Labute approximate surface area is 128 Å². The number of benzene rings is 1. The van der Waals surface area contributed by atoms with E-state index in [0.717, 1.165) is 22.9 Å². The van der Waals surface area contributed by atoms with E-state index in [2.05, 4.69) is 14.1 Å². The Bertz CT molecular complexity index is 522. The highest BCUT2D eigenvalue weighted by atomic mass is 32.1. The molecule has 0 saturated heterocycles. The highest BCUT2D eigenvalue weighted by molar-refractivity contribution is 6.99. The van der Waals surface area contributed by atoms with Gasteiger partial charge in [0.1, 0.15) is 18.9 Å². The summed E-state index contributed by atoms with van der Waals surface area (Å²) in [4.78, 5) is 0. The molecule has 1 heterocycles. The van der Waals surface area contributed by atoms with Gasteiger partial charge in [-0.2, -0.15) is 4.37 Å². The minimum absolute atomic E-state index is 0.193. The summed E-state index contributed by atoms with van der Waals surface area (Å²) in [7, 11) is 1.68. The fourth-order valence-electron chi connectivity index (χ4n) is 1.86. The zero-order chi connectivity index (χ0) is 14.9. The molecule has 1 unspecified atom stereocenters. The number of hydrogen-bond acceptors (Lipinski definition) is 7. The van der Waals surface area contributed by atoms with E-state index in [1.165, 1.54) is 6.20 Å². The molecule has 2 N–H and O–H groups in total. The molecule has 0 radical (unpaired) electrons. The second-order valence-corrected chi connectivity index (χ2v) is 5.10. The van der Waals surface area contributed by atoms with Crippen molar-refractivity contribution in [3.8, 4) is 5.88 Å². The van der Waals surface area contributed by atoms with Crippen LogP contribution < -0.4 is 10.1 Å². The van der Waals surface area contributed by atoms with Crippen LogP contribution in [-0.2, 0) is 17.9 Å². The highest BCUT2D eigenvalue weighted by Crippen LogP contribution is 2.09. The Hall–Kier alpha value is -1.54. The van der Waals surface area contributed by atoms with E-state index in [0.29, 0.717) is 25.6 Å². The van der Waals surface area contributed by atoms with Crippen molar-refractivity contribution in [3.05, 3.63) is 41.6 Å². The summed E-state index contributed by atoms with van der Waals surface area (Å²) >= 11 is 1.08. The van der Waals surface area contributed by atoms with Gasteiger partial charge in [0.15, 0.2) is 0 Å². The topological polar surface area (TPSA) is 76.5 Å². The molecule has 1 aromatic heterocycles. The van der Waals surface area contributed by atoms with E-state index in [1.807, 2.05) is 24.3 Å². The quantitative estimate of drug-likeness (QED) is 0.725. The van der Waals surface area contributed by atoms with Crippen LogP contribution in [0.4, 0.5) is 0 Å². The lowest BCUT2D eigenvalue weighted by molar-refractivity contribution is 0.104. The molecular formula is C14H19N3O3S. The van der Waals surface area contributed by atoms with Gasteiger partial charge >= 0.3 is 0 Å². The van der Waals surface area contributed by atoms with Gasteiger partial charge in [0.2, 0.25) is 5.88 Å². The molecular weight excluding hydrogens is 290 g/mol. The smallest absolute Gasteiger partial charge is 0.245 e. The summed E-state index contributed by atoms with van der Waals surface area (Å²) in [5.41, 5.74) is 2.31. The molecule has 0 spiro atoms. The molecule has 2 aromatic rings. The van der Waals surface area contributed by atoms with E-state index >= 15 is 0 Å². The first kappa shape index (κ1) is 15.8. The molecule has 0 amide bonds. The van der Waals surface area contributed by atoms with Crippen LogP contribution >= 0.6 is 11.7 Å². The molecule has 6 nitrogen and oxygen atoms in total. The van der Waals surface area contributed by atoms with E-state index in [4.69, 9.17) is 9.47 Å². The lowest BCUT2D eigenvalue weighted by Crippen LogP contribution is -2.31. The zero-order valence-corrected chi connectivity index (χ0v) is 12.7. The molecule has 114 valence electrons. The Kier molecular flexibility index (Phi) is 6.55. The highest BCUT2D eigenvalue weighted by Gasteiger charge is 2.07. The van der Waals surface area contributed by atoms with Crippen LogP contribution in [0.15, 0.2) is 30.5 Å². The predicted molar refractivity (Wildman–Crippen MR) is 80.3 cm³/mol. The first-order valence-electron chi connectivity index (χ1n) is 6.64. The number of hydrogen-bond donors (Lipinski definition) is 2. The maximum atomic E-state index is 9.84. The van der Waals surface area contributed by atoms with Crippen molar-refractivity contribution in [1.82, 2.24) is 14.1 Å². The largest absolute Gasteiger partial charge is 0.473 e. The van der Waals surface area contributed by atoms with Crippen LogP contribution in [0.25, 0.3) is 0 Å². The van der Waals surface area contributed by atoms with Crippen molar-refractivity contribution < 1.29 is 14.6 Å². The molecule has 7 heteroatoms. The van der Waals surface area contributed by atoms with Gasteiger partial charge in [-0.15, -0.1) is 4.37 Å². The molecule has 1 aromatic carbocycles. The van der Waals surface area contributed by atoms with Gasteiger partial charge in [-0.3, -0.25) is 0 Å². The Morgan fingerprint density at radius 3 is 2.86 bits per heavy atom. The fraction of sp³-hybridized carbons (Fsp3) is 0.429. The zero-order valence-electron chi connectivity index (χ0n) is 11.9. The van der Waals surface area contributed by atoms with E-state index in [-0.39, 0.29) is 6.61 Å². The third-order valence-electron chi connectivity index (χ3n) is 2.88. The molecule has 0 aliphatic carbocycles. The molecule has 0 fully saturated rings. The SMILES string of the molecule is COCc1ccccc1CNCC(O)COc1cnsn1. The lowest BCUT2D eigenvalue weighted by atomic mass is 10.1. The van der Waals surface area contributed by atoms with Crippen LogP contribution in [-0.4, -0.2) is 40.2 Å². The van der Waals surface area contributed by atoms with Gasteiger partial charge in [-0.1, -0.05) is 24.3 Å². The summed E-state index contributed by atoms with van der Waals surface area (Å²) in [6.07, 6.45) is 0.938. The number of aromatic nitrogens is 2. The van der Waals surface area contributed by atoms with Crippen LogP contribution in [0, 0.1) is 0 Å². The van der Waals surface area contributed by atoms with Crippen molar-refractivity contribution in [3.63, 3.8) is 0 Å². The Balaban J connectivity index is 1.71. The second-order valence-electron chi connectivity index (χ2n) is 4.54. The van der Waals surface area contributed by atoms with Crippen molar-refractivity contribution in [2.75, 3.05) is 20.3 Å². The number of rotatable bonds is 9. The minimum Gasteiger partial charge on any atom is -0.473 e. The molecule has 0 saturated carbocycles. The molecule has 2 rings (SSSR count). The number of methoxy groups -OCH3 is 1. The average molecular weight is 309 g/mol. The van der Waals surface area contributed by atoms with Gasteiger partial charge in [0.25, 0.3) is 0 Å². The summed E-state index contributed by atoms with van der Waals surface area (Å²) in [6.45, 7) is 1.90. The number of aliphatic hydroxyl groups is 1. The first-order valence-corrected chi connectivity index (χ1v) is 7.37. The van der Waals surface area contributed by atoms with Crippen molar-refractivity contribution in [2.24, 2.45) is 0 Å². The maximum Gasteiger partial charge on any atom is 0.245 e. The molecule has 0 bridgehead atoms. The van der Waals surface area contributed by atoms with E-state index in [9.17, 15) is 5.11 Å². The van der Waals surface area contributed by atoms with Gasteiger partial charge in [-0.25, -0.2) is 0 Å². The van der Waals surface area contributed by atoms with Crippen molar-refractivity contribution in [1.29, 1.82) is 0 Å². The summed E-state index contributed by atoms with van der Waals surface area (Å²) in [6, 6.07) is 8.06. The standard InChI is InChI=1S/C14H19N3O3S/c1-19-9-12-5-3-2-4-11(12)6-15-7-13(18)10-20-14-8-16-21-17-14/h2-5,8,13,15,18H,6-7,9-10H2,1H3. The summed E-state index contributed by atoms with van der Waals surface area (Å²) < 4.78 is 18.2. The van der Waals surface area contributed by atoms with Gasteiger partial charge < -0.3 is 19.9 Å². The number of nitrogens with one attached hydrogen (secondary N) is 1. The predicted octanol–water partition coefficient (Wildman–Crippen LogP) is 1.21. The van der Waals surface area contributed by atoms with Crippen LogP contribution in [0.2, 0.25) is 0 Å². The summed E-state index contributed by atoms with van der Waals surface area (Å²) in [5, 5.41) is 13.1. The number of nitrogens with zero attached hydrogens (tertiary/aromatic N) is 2. The number of aliphatic hydroxyl groups excluding tert-OH is 1. The minimum atomic E-state index is -0.596. The summed E-state index contributed by atoms with van der Waals surface area (Å²) in [5.74, 6) is 0.449. The fourth-order valence-corrected chi connectivity index (χ4v) is 2.22. The van der Waals surface area contributed by atoms with Crippen LogP contribution in [0.1, 0.15) is 11.1 Å². The normalized spacial score (nSPS) is 12.3. The van der Waals surface area contributed by atoms with Crippen molar-refractivity contribution in [2.45, 2.75) is 19.3 Å². The second kappa shape index (κ2) is 8.68. The van der Waals surface area contributed by atoms with Crippen molar-refractivity contribution >= 4 is 11.7 Å². The van der Waals surface area contributed by atoms with Crippen LogP contribution in [0.5, 0.6) is 5.88 Å². The average Bonchev–Trinajstić information content (AvgIpc) is 3.00. The van der Waals surface area contributed by atoms with E-state index < -0.39 is 6.10 Å². The van der Waals surface area contributed by atoms with Crippen LogP contribution in [0.3, 0.4) is 0 Å². The maximum absolute atomic E-state index is 9.84. The molecule has 0 aliphatic heterocycles. The van der Waals surface area contributed by atoms with E-state index in [1.54, 1.807) is 7.11 Å². The first-order chi connectivity index (χ1) is 10.3. The molecule has 0 aliphatic rings. The Morgan fingerprint density at radius 1 is 1.33 bits per heavy atom. The molecule has 1 atom stereocenters. The van der Waals surface area contributed by atoms with Gasteiger partial charge in [0.05, 0.1) is 18.3 Å². The van der Waals surface area contributed by atoms with Gasteiger partial charge in [-0.05, 0) is 11.1 Å².